The highest BCUT2D eigenvalue weighted by molar-refractivity contribution is 5.63. The minimum atomic E-state index is -0.742. The summed E-state index contributed by atoms with van der Waals surface area (Å²) in [7, 11) is 0. The molecule has 0 fully saturated rings. The maximum atomic E-state index is 12.7. The summed E-state index contributed by atoms with van der Waals surface area (Å²) >= 11 is 0. The van der Waals surface area contributed by atoms with Crippen LogP contribution in [0.3, 0.4) is 0 Å². The van der Waals surface area contributed by atoms with E-state index in [2.05, 4.69) is 23.4 Å². The van der Waals surface area contributed by atoms with Crippen LogP contribution in [0.15, 0.2) is 55.3 Å². The zero-order chi connectivity index (χ0) is 17.2. The lowest BCUT2D eigenvalue weighted by atomic mass is 10.1. The zero-order valence-corrected chi connectivity index (χ0v) is 14.0. The van der Waals surface area contributed by atoms with Gasteiger partial charge in [-0.1, -0.05) is 36.6 Å². The molecule has 1 aromatic carbocycles. The fourth-order valence-electron chi connectivity index (χ4n) is 2.16. The lowest BCUT2D eigenvalue weighted by Crippen LogP contribution is -1.94. The Kier molecular flexibility index (Phi) is 7.04. The zero-order valence-electron chi connectivity index (χ0n) is 14.0. The van der Waals surface area contributed by atoms with Crippen molar-refractivity contribution < 1.29 is 9.13 Å². The van der Waals surface area contributed by atoms with Gasteiger partial charge in [-0.25, -0.2) is 9.37 Å². The number of aromatic nitrogens is 1. The maximum absolute atomic E-state index is 12.7. The number of unbranched alkanes of at least 4 members (excludes halogenated alkanes) is 1. The number of ether oxygens (including phenoxy) is 1. The van der Waals surface area contributed by atoms with E-state index < -0.39 is 6.17 Å². The lowest BCUT2D eigenvalue weighted by molar-refractivity contribution is 0.336. The Morgan fingerprint density at radius 2 is 1.96 bits per heavy atom. The smallest absolute Gasteiger partial charge is 0.213 e. The standard InChI is InChI=1S/C21H22FNO/c1-3-15-24-21-14-13-20(16-23-21)19-11-9-18(10-12-19)8-6-4-5-7-17(2)22/h3,9-14,16-17H,1,4-5,7,15H2,2H3. The molecule has 3 heteroatoms. The van der Waals surface area contributed by atoms with E-state index in [9.17, 15) is 4.39 Å². The third kappa shape index (κ3) is 5.89. The first-order valence-electron chi connectivity index (χ1n) is 8.12. The summed E-state index contributed by atoms with van der Waals surface area (Å²) in [6, 6.07) is 11.8. The van der Waals surface area contributed by atoms with Crippen LogP contribution in [0.2, 0.25) is 0 Å². The van der Waals surface area contributed by atoms with Gasteiger partial charge in [-0.05, 0) is 43.5 Å². The number of pyridine rings is 1. The first kappa shape index (κ1) is 17.7. The Morgan fingerprint density at radius 3 is 2.58 bits per heavy atom. The molecule has 24 heavy (non-hydrogen) atoms. The highest BCUT2D eigenvalue weighted by atomic mass is 19.1. The Labute approximate surface area is 143 Å². The summed E-state index contributed by atoms with van der Waals surface area (Å²) in [5.74, 6) is 6.79. The van der Waals surface area contributed by atoms with Crippen molar-refractivity contribution in [3.8, 4) is 28.8 Å². The summed E-state index contributed by atoms with van der Waals surface area (Å²) in [6.45, 7) is 5.64. The van der Waals surface area contributed by atoms with Gasteiger partial charge in [0.15, 0.2) is 0 Å². The molecule has 0 spiro atoms. The van der Waals surface area contributed by atoms with Crippen LogP contribution in [0.5, 0.6) is 5.88 Å². The van der Waals surface area contributed by atoms with E-state index in [1.54, 1.807) is 19.2 Å². The minimum absolute atomic E-state index is 0.448. The number of benzene rings is 1. The van der Waals surface area contributed by atoms with E-state index in [0.29, 0.717) is 18.9 Å². The molecule has 2 nitrogen and oxygen atoms in total. The number of hydrogen-bond acceptors (Lipinski definition) is 2. The van der Waals surface area contributed by atoms with Gasteiger partial charge in [0.05, 0.1) is 6.17 Å². The maximum Gasteiger partial charge on any atom is 0.213 e. The van der Waals surface area contributed by atoms with Gasteiger partial charge < -0.3 is 4.74 Å². The van der Waals surface area contributed by atoms with E-state index in [1.807, 2.05) is 36.4 Å². The van der Waals surface area contributed by atoms with E-state index in [4.69, 9.17) is 4.74 Å². The largest absolute Gasteiger partial charge is 0.473 e. The van der Waals surface area contributed by atoms with Crippen LogP contribution in [0, 0.1) is 11.8 Å². The quantitative estimate of drug-likeness (QED) is 0.397. The van der Waals surface area contributed by atoms with Crippen molar-refractivity contribution in [2.45, 2.75) is 32.4 Å². The van der Waals surface area contributed by atoms with Crippen molar-refractivity contribution in [2.24, 2.45) is 0 Å². The van der Waals surface area contributed by atoms with Crippen LogP contribution in [0.1, 0.15) is 31.7 Å². The fraction of sp³-hybridized carbons (Fsp3) is 0.286. The lowest BCUT2D eigenvalue weighted by Gasteiger charge is -2.04. The molecule has 0 radical (unpaired) electrons. The summed E-state index contributed by atoms with van der Waals surface area (Å²) in [4.78, 5) is 4.27. The van der Waals surface area contributed by atoms with Gasteiger partial charge in [0.1, 0.15) is 6.61 Å². The molecule has 0 aliphatic heterocycles. The van der Waals surface area contributed by atoms with Crippen LogP contribution in [-0.2, 0) is 0 Å². The number of nitrogens with zero attached hydrogens (tertiary/aromatic N) is 1. The van der Waals surface area contributed by atoms with Gasteiger partial charge in [0.25, 0.3) is 0 Å². The molecule has 0 bridgehead atoms. The molecular weight excluding hydrogens is 301 g/mol. The van der Waals surface area contributed by atoms with Crippen LogP contribution >= 0.6 is 0 Å². The summed E-state index contributed by atoms with van der Waals surface area (Å²) in [6.07, 6.45) is 4.84. The molecule has 2 aromatic rings. The molecular formula is C21H22FNO. The van der Waals surface area contributed by atoms with Gasteiger partial charge >= 0.3 is 0 Å². The molecule has 1 aromatic heterocycles. The van der Waals surface area contributed by atoms with Crippen molar-refractivity contribution in [1.82, 2.24) is 4.98 Å². The van der Waals surface area contributed by atoms with E-state index in [1.165, 1.54) is 0 Å². The van der Waals surface area contributed by atoms with Crippen molar-refractivity contribution in [1.29, 1.82) is 0 Å². The molecule has 2 rings (SSSR count). The predicted molar refractivity (Wildman–Crippen MR) is 96.7 cm³/mol. The molecule has 0 amide bonds. The second-order valence-corrected chi connectivity index (χ2v) is 5.54. The van der Waals surface area contributed by atoms with Gasteiger partial charge in [-0.2, -0.15) is 0 Å². The first-order valence-corrected chi connectivity index (χ1v) is 8.12. The molecule has 0 N–H and O–H groups in total. The van der Waals surface area contributed by atoms with Gasteiger partial charge in [0.2, 0.25) is 5.88 Å². The molecule has 1 unspecified atom stereocenters. The van der Waals surface area contributed by atoms with E-state index in [-0.39, 0.29) is 0 Å². The fourth-order valence-corrected chi connectivity index (χ4v) is 2.16. The third-order valence-corrected chi connectivity index (χ3v) is 3.44. The molecule has 1 atom stereocenters. The Hall–Kier alpha value is -2.60. The SMILES string of the molecule is C=CCOc1ccc(-c2ccc(C#CCCCC(C)F)cc2)cn1. The average molecular weight is 323 g/mol. The molecule has 0 saturated carbocycles. The monoisotopic (exact) mass is 323 g/mol. The number of hydrogen-bond donors (Lipinski definition) is 0. The van der Waals surface area contributed by atoms with Crippen LogP contribution in [-0.4, -0.2) is 17.8 Å². The van der Waals surface area contributed by atoms with Crippen molar-refractivity contribution in [2.75, 3.05) is 6.61 Å². The van der Waals surface area contributed by atoms with E-state index in [0.717, 1.165) is 29.5 Å². The van der Waals surface area contributed by atoms with Crippen molar-refractivity contribution >= 4 is 0 Å². The Morgan fingerprint density at radius 1 is 1.21 bits per heavy atom. The van der Waals surface area contributed by atoms with Crippen LogP contribution < -0.4 is 4.74 Å². The van der Waals surface area contributed by atoms with Crippen LogP contribution in [0.25, 0.3) is 11.1 Å². The molecule has 0 aliphatic carbocycles. The second-order valence-electron chi connectivity index (χ2n) is 5.54. The minimum Gasteiger partial charge on any atom is -0.473 e. The molecule has 124 valence electrons. The van der Waals surface area contributed by atoms with E-state index >= 15 is 0 Å². The molecule has 0 aliphatic rings. The summed E-state index contributed by atoms with van der Waals surface area (Å²) in [5.41, 5.74) is 3.07. The highest BCUT2D eigenvalue weighted by Crippen LogP contribution is 2.20. The molecule has 0 saturated heterocycles. The number of alkyl halides is 1. The van der Waals surface area contributed by atoms with Gasteiger partial charge in [-0.3, -0.25) is 0 Å². The topological polar surface area (TPSA) is 22.1 Å². The van der Waals surface area contributed by atoms with Gasteiger partial charge in [0, 0.05) is 29.8 Å². The number of rotatable bonds is 7. The second kappa shape index (κ2) is 9.52. The Bertz CT molecular complexity index is 693. The van der Waals surface area contributed by atoms with Crippen molar-refractivity contribution in [3.05, 3.63) is 60.8 Å². The average Bonchev–Trinajstić information content (AvgIpc) is 2.60. The van der Waals surface area contributed by atoms with Gasteiger partial charge in [-0.15, -0.1) is 0 Å². The molecule has 1 heterocycles. The summed E-state index contributed by atoms with van der Waals surface area (Å²) in [5, 5.41) is 0. The number of halogens is 1. The third-order valence-electron chi connectivity index (χ3n) is 3.44. The highest BCUT2D eigenvalue weighted by Gasteiger charge is 2.00. The Balaban J connectivity index is 1.94. The predicted octanol–water partition coefficient (Wildman–Crippen LogP) is 5.19. The normalized spacial score (nSPS) is 11.2. The summed E-state index contributed by atoms with van der Waals surface area (Å²) < 4.78 is 18.1. The van der Waals surface area contributed by atoms with Crippen molar-refractivity contribution in [3.63, 3.8) is 0 Å². The van der Waals surface area contributed by atoms with Crippen LogP contribution in [0.4, 0.5) is 4.39 Å². The first-order chi connectivity index (χ1) is 11.7.